The van der Waals surface area contributed by atoms with E-state index in [1.807, 2.05) is 50.3 Å². The first-order valence-electron chi connectivity index (χ1n) is 15.8. The smallest absolute Gasteiger partial charge is 0.328 e. The molecule has 0 spiro atoms. The molecule has 3 rings (SSSR count). The third kappa shape index (κ3) is 11.8. The highest BCUT2D eigenvalue weighted by atomic mass is 16.5. The number of aromatic hydroxyl groups is 1. The van der Waals surface area contributed by atoms with Crippen LogP contribution in [0.15, 0.2) is 78.0 Å². The predicted octanol–water partition coefficient (Wildman–Crippen LogP) is 5.60. The van der Waals surface area contributed by atoms with Gasteiger partial charge >= 0.3 is 5.97 Å². The summed E-state index contributed by atoms with van der Waals surface area (Å²) in [6.07, 6.45) is 17.9. The highest BCUT2D eigenvalue weighted by Gasteiger charge is 2.30. The van der Waals surface area contributed by atoms with Crippen molar-refractivity contribution in [2.24, 2.45) is 5.92 Å². The maximum Gasteiger partial charge on any atom is 0.328 e. The molecule has 1 heterocycles. The van der Waals surface area contributed by atoms with Crippen molar-refractivity contribution in [3.8, 4) is 5.75 Å². The van der Waals surface area contributed by atoms with E-state index in [1.54, 1.807) is 31.2 Å². The zero-order valence-corrected chi connectivity index (χ0v) is 26.8. The fraction of sp³-hybridized carbons (Fsp3) is 0.472. The van der Waals surface area contributed by atoms with Gasteiger partial charge in [0, 0.05) is 36.8 Å². The molecule has 0 saturated heterocycles. The summed E-state index contributed by atoms with van der Waals surface area (Å²) in [4.78, 5) is 38.4. The Balaban J connectivity index is 1.80. The Hall–Kier alpha value is -3.95. The standard InChI is InChI=1S/C36H48N2O7/c1-24-14-13-15-27-20-29(22-30(39)21-27)38-33(40)23-31(44-4)18-11-6-5-7-12-19-32(25(2)34(24)41)45-36(43)26(3)37-35(42)28-16-9-8-10-17-28/h5-7,11-12,14,16,18,20-22,25-26,31-32,34,39,41H,8-10,13,15,17,19,23H2,1-4H3,(H,37,42)(H,38,40)/b6-5+,12-7+,18-11+,24-14-/t25-,26+,31-,32-,34-/m0/s1. The molecular formula is C36H48N2O7. The van der Waals surface area contributed by atoms with E-state index in [2.05, 4.69) is 10.6 Å². The first-order valence-corrected chi connectivity index (χ1v) is 15.8. The molecule has 2 bridgehead atoms. The molecule has 0 fully saturated rings. The van der Waals surface area contributed by atoms with E-state index in [0.29, 0.717) is 36.9 Å². The number of rotatable bonds is 5. The quantitative estimate of drug-likeness (QED) is 0.249. The van der Waals surface area contributed by atoms with Crippen LogP contribution in [0.5, 0.6) is 5.75 Å². The molecule has 0 unspecified atom stereocenters. The Morgan fingerprint density at radius 3 is 2.56 bits per heavy atom. The van der Waals surface area contributed by atoms with Crippen LogP contribution in [0.25, 0.3) is 0 Å². The Kier molecular flexibility index (Phi) is 14.3. The van der Waals surface area contributed by atoms with Crippen molar-refractivity contribution in [3.63, 3.8) is 0 Å². The van der Waals surface area contributed by atoms with Crippen molar-refractivity contribution in [3.05, 3.63) is 83.5 Å². The molecule has 0 radical (unpaired) electrons. The zero-order chi connectivity index (χ0) is 32.8. The number of aryl methyl sites for hydroxylation is 1. The number of nitrogens with one attached hydrogen (secondary N) is 2. The molecule has 244 valence electrons. The van der Waals surface area contributed by atoms with E-state index < -0.39 is 36.2 Å². The van der Waals surface area contributed by atoms with Crippen LogP contribution >= 0.6 is 0 Å². The van der Waals surface area contributed by atoms with E-state index in [0.717, 1.165) is 30.4 Å². The van der Waals surface area contributed by atoms with Crippen LogP contribution in [0.1, 0.15) is 71.3 Å². The van der Waals surface area contributed by atoms with Crippen LogP contribution in [0, 0.1) is 5.92 Å². The molecule has 1 aromatic carbocycles. The zero-order valence-electron chi connectivity index (χ0n) is 26.8. The number of hydrogen-bond acceptors (Lipinski definition) is 7. The molecule has 1 aromatic rings. The van der Waals surface area contributed by atoms with Gasteiger partial charge in [-0.25, -0.2) is 4.79 Å². The van der Waals surface area contributed by atoms with Crippen LogP contribution in [0.4, 0.5) is 5.69 Å². The summed E-state index contributed by atoms with van der Waals surface area (Å²) in [5, 5.41) is 27.1. The van der Waals surface area contributed by atoms with E-state index in [1.165, 1.54) is 13.2 Å². The van der Waals surface area contributed by atoms with Gasteiger partial charge in [0.25, 0.3) is 0 Å². The monoisotopic (exact) mass is 620 g/mol. The minimum absolute atomic E-state index is 0.0434. The number of aliphatic hydroxyl groups is 1. The number of ether oxygens (including phenoxy) is 2. The van der Waals surface area contributed by atoms with Crippen LogP contribution in [0.3, 0.4) is 0 Å². The van der Waals surface area contributed by atoms with Gasteiger partial charge in [-0.2, -0.15) is 0 Å². The highest BCUT2D eigenvalue weighted by molar-refractivity contribution is 5.96. The molecule has 2 aliphatic rings. The van der Waals surface area contributed by atoms with Gasteiger partial charge < -0.3 is 30.3 Å². The topological polar surface area (TPSA) is 134 Å². The van der Waals surface area contributed by atoms with Crippen molar-refractivity contribution in [1.82, 2.24) is 5.32 Å². The summed E-state index contributed by atoms with van der Waals surface area (Å²) in [6, 6.07) is 4.11. The number of phenols is 1. The molecule has 2 amide bonds. The van der Waals surface area contributed by atoms with Crippen molar-refractivity contribution >= 4 is 23.5 Å². The van der Waals surface area contributed by atoms with E-state index in [4.69, 9.17) is 9.47 Å². The average Bonchev–Trinajstić information content (AvgIpc) is 3.01. The first kappa shape index (κ1) is 35.5. The largest absolute Gasteiger partial charge is 0.508 e. The third-order valence-electron chi connectivity index (χ3n) is 8.12. The molecular weight excluding hydrogens is 572 g/mol. The van der Waals surface area contributed by atoms with Crippen molar-refractivity contribution in [2.75, 3.05) is 12.4 Å². The minimum Gasteiger partial charge on any atom is -0.508 e. The second-order valence-corrected chi connectivity index (χ2v) is 11.8. The van der Waals surface area contributed by atoms with Crippen LogP contribution in [-0.2, 0) is 30.3 Å². The van der Waals surface area contributed by atoms with Gasteiger partial charge in [0.2, 0.25) is 11.8 Å². The van der Waals surface area contributed by atoms with Gasteiger partial charge in [0.15, 0.2) is 0 Å². The number of fused-ring (bicyclic) bond motifs is 2. The molecule has 5 atom stereocenters. The van der Waals surface area contributed by atoms with Gasteiger partial charge in [-0.3, -0.25) is 9.59 Å². The number of methoxy groups -OCH3 is 1. The lowest BCUT2D eigenvalue weighted by atomic mass is 9.90. The summed E-state index contributed by atoms with van der Waals surface area (Å²) in [7, 11) is 1.53. The van der Waals surface area contributed by atoms with E-state index >= 15 is 0 Å². The third-order valence-corrected chi connectivity index (χ3v) is 8.12. The lowest BCUT2D eigenvalue weighted by Gasteiger charge is -2.29. The number of anilines is 1. The molecule has 1 aliphatic carbocycles. The Bertz CT molecular complexity index is 1330. The van der Waals surface area contributed by atoms with Gasteiger partial charge in [-0.1, -0.05) is 55.5 Å². The van der Waals surface area contributed by atoms with Gasteiger partial charge in [-0.05, 0) is 75.6 Å². The van der Waals surface area contributed by atoms with Crippen LogP contribution in [0.2, 0.25) is 0 Å². The second kappa shape index (κ2) is 18.1. The summed E-state index contributed by atoms with van der Waals surface area (Å²) in [6.45, 7) is 5.28. The number of amides is 2. The first-order chi connectivity index (χ1) is 21.6. The summed E-state index contributed by atoms with van der Waals surface area (Å²) < 4.78 is 11.3. The molecule has 9 nitrogen and oxygen atoms in total. The van der Waals surface area contributed by atoms with Crippen molar-refractivity contribution in [1.29, 1.82) is 0 Å². The summed E-state index contributed by atoms with van der Waals surface area (Å²) >= 11 is 0. The van der Waals surface area contributed by atoms with Gasteiger partial charge in [-0.15, -0.1) is 0 Å². The fourth-order valence-corrected chi connectivity index (χ4v) is 5.34. The molecule has 0 aromatic heterocycles. The molecule has 0 saturated carbocycles. The molecule has 4 N–H and O–H groups in total. The number of carbonyl (C=O) groups is 3. The Morgan fingerprint density at radius 1 is 1.04 bits per heavy atom. The van der Waals surface area contributed by atoms with E-state index in [9.17, 15) is 24.6 Å². The number of allylic oxidation sites excluding steroid dienone is 6. The summed E-state index contributed by atoms with van der Waals surface area (Å²) in [5.41, 5.74) is 2.75. The normalized spacial score (nSPS) is 27.6. The van der Waals surface area contributed by atoms with Crippen LogP contribution < -0.4 is 10.6 Å². The van der Waals surface area contributed by atoms with Crippen molar-refractivity contribution in [2.45, 2.75) is 96.5 Å². The molecule has 45 heavy (non-hydrogen) atoms. The Labute approximate surface area is 266 Å². The second-order valence-electron chi connectivity index (χ2n) is 11.8. The van der Waals surface area contributed by atoms with Gasteiger partial charge in [0.05, 0.1) is 18.6 Å². The van der Waals surface area contributed by atoms with Crippen molar-refractivity contribution < 1.29 is 34.1 Å². The highest BCUT2D eigenvalue weighted by Crippen LogP contribution is 2.25. The number of esters is 1. The number of benzene rings is 1. The maximum absolute atomic E-state index is 13.1. The number of phenolic OH excluding ortho intramolecular Hbond substituents is 1. The minimum atomic E-state index is -0.883. The Morgan fingerprint density at radius 2 is 1.82 bits per heavy atom. The van der Waals surface area contributed by atoms with Crippen LogP contribution in [-0.4, -0.2) is 59.5 Å². The molecule has 9 heteroatoms. The fourth-order valence-electron chi connectivity index (χ4n) is 5.34. The van der Waals surface area contributed by atoms with Gasteiger partial charge in [0.1, 0.15) is 17.9 Å². The maximum atomic E-state index is 13.1. The lowest BCUT2D eigenvalue weighted by molar-refractivity contribution is -0.156. The lowest BCUT2D eigenvalue weighted by Crippen LogP contribution is -2.43. The number of hydrogen-bond donors (Lipinski definition) is 4. The number of carbonyl (C=O) groups excluding carboxylic acids is 3. The summed E-state index contributed by atoms with van der Waals surface area (Å²) in [5.74, 6) is -1.45. The SMILES string of the molecule is CO[C@H]1/C=C/C=C/C=C/C[C@H](OC(=O)[C@@H](C)NC(=O)C2=CCCCC2)[C@H](C)[C@@H](O)/C(C)=C\CCc2cc(O)cc(c2)NC(=O)C1. The van der Waals surface area contributed by atoms with E-state index in [-0.39, 0.29) is 24.0 Å². The molecule has 1 aliphatic heterocycles. The predicted molar refractivity (Wildman–Crippen MR) is 175 cm³/mol. The number of aliphatic hydroxyl groups excluding tert-OH is 1. The average molecular weight is 621 g/mol.